The van der Waals surface area contributed by atoms with Gasteiger partial charge in [-0.2, -0.15) is 0 Å². The number of carbonyl (C=O) groups excluding carboxylic acids is 1. The van der Waals surface area contributed by atoms with Gasteiger partial charge in [0.15, 0.2) is 0 Å². The van der Waals surface area contributed by atoms with Crippen LogP contribution < -0.4 is 10.1 Å². The fourth-order valence-electron chi connectivity index (χ4n) is 2.01. The van der Waals surface area contributed by atoms with E-state index in [9.17, 15) is 4.79 Å². The van der Waals surface area contributed by atoms with Crippen molar-refractivity contribution in [3.8, 4) is 5.75 Å². The van der Waals surface area contributed by atoms with Crippen LogP contribution in [0.25, 0.3) is 0 Å². The van der Waals surface area contributed by atoms with Gasteiger partial charge in [0, 0.05) is 7.05 Å². The minimum Gasteiger partial charge on any atom is -0.491 e. The van der Waals surface area contributed by atoms with Gasteiger partial charge in [0.2, 0.25) is 0 Å². The van der Waals surface area contributed by atoms with Gasteiger partial charge in [-0.3, -0.25) is 4.79 Å². The second kappa shape index (κ2) is 7.07. The Hall–Kier alpha value is -1.65. The summed E-state index contributed by atoms with van der Waals surface area (Å²) in [4.78, 5) is 12.4. The predicted octanol–water partition coefficient (Wildman–Crippen LogP) is 4.68. The molecule has 0 aliphatic carbocycles. The number of anilines is 1. The second-order valence-corrected chi connectivity index (χ2v) is 5.79. The van der Waals surface area contributed by atoms with E-state index in [-0.39, 0.29) is 5.91 Å². The lowest BCUT2D eigenvalue weighted by Gasteiger charge is -2.13. The van der Waals surface area contributed by atoms with Crippen LogP contribution in [0.4, 0.5) is 5.69 Å². The quantitative estimate of drug-likeness (QED) is 0.858. The molecule has 1 aromatic carbocycles. The molecule has 22 heavy (non-hydrogen) atoms. The molecule has 118 valence electrons. The lowest BCUT2D eigenvalue weighted by Crippen LogP contribution is -2.16. The van der Waals surface area contributed by atoms with Crippen molar-refractivity contribution in [2.24, 2.45) is 7.05 Å². The third-order valence-electron chi connectivity index (χ3n) is 3.20. The fraction of sp³-hybridized carbons (Fsp3) is 0.312. The largest absolute Gasteiger partial charge is 0.491 e. The minimum absolute atomic E-state index is 0.290. The molecule has 0 bridgehead atoms. The average molecular weight is 341 g/mol. The van der Waals surface area contributed by atoms with Crippen molar-refractivity contribution in [2.75, 3.05) is 11.9 Å². The average Bonchev–Trinajstić information content (AvgIpc) is 2.75. The topological polar surface area (TPSA) is 43.3 Å². The van der Waals surface area contributed by atoms with Crippen LogP contribution in [0.3, 0.4) is 0 Å². The van der Waals surface area contributed by atoms with E-state index >= 15 is 0 Å². The lowest BCUT2D eigenvalue weighted by atomic mass is 10.2. The summed E-state index contributed by atoms with van der Waals surface area (Å²) >= 11 is 11.9. The molecule has 1 amide bonds. The van der Waals surface area contributed by atoms with Gasteiger partial charge in [-0.1, -0.05) is 36.2 Å². The van der Waals surface area contributed by atoms with Crippen LogP contribution in [0.1, 0.15) is 29.4 Å². The molecule has 0 atom stereocenters. The number of nitrogens with zero attached hydrogens (tertiary/aromatic N) is 1. The van der Waals surface area contributed by atoms with Gasteiger partial charge in [0.1, 0.15) is 16.6 Å². The first-order valence-corrected chi connectivity index (χ1v) is 7.75. The molecular formula is C16H18Cl2N2O2. The van der Waals surface area contributed by atoms with Crippen molar-refractivity contribution in [3.05, 3.63) is 45.7 Å². The molecule has 0 radical (unpaired) electrons. The first-order valence-electron chi connectivity index (χ1n) is 6.99. The predicted molar refractivity (Wildman–Crippen MR) is 90.4 cm³/mol. The summed E-state index contributed by atoms with van der Waals surface area (Å²) in [5, 5.41) is 3.52. The van der Waals surface area contributed by atoms with Crippen molar-refractivity contribution in [2.45, 2.75) is 20.3 Å². The molecule has 2 rings (SSSR count). The summed E-state index contributed by atoms with van der Waals surface area (Å²) in [7, 11) is 1.69. The summed E-state index contributed by atoms with van der Waals surface area (Å²) in [5.74, 6) is 0.364. The zero-order valence-electron chi connectivity index (χ0n) is 12.7. The fourth-order valence-corrected chi connectivity index (χ4v) is 2.39. The van der Waals surface area contributed by atoms with Crippen LogP contribution in [0.2, 0.25) is 10.2 Å². The maximum absolute atomic E-state index is 12.4. The summed E-state index contributed by atoms with van der Waals surface area (Å²) in [6, 6.07) is 7.18. The Morgan fingerprint density at radius 1 is 1.32 bits per heavy atom. The van der Waals surface area contributed by atoms with Crippen molar-refractivity contribution in [3.63, 3.8) is 0 Å². The van der Waals surface area contributed by atoms with Crippen LogP contribution in [0, 0.1) is 6.92 Å². The van der Waals surface area contributed by atoms with Gasteiger partial charge >= 0.3 is 0 Å². The van der Waals surface area contributed by atoms with E-state index in [1.54, 1.807) is 17.7 Å². The molecule has 0 aliphatic rings. The van der Waals surface area contributed by atoms with E-state index < -0.39 is 0 Å². The third-order valence-corrected chi connectivity index (χ3v) is 4.04. The molecule has 0 aliphatic heterocycles. The summed E-state index contributed by atoms with van der Waals surface area (Å²) in [5.41, 5.74) is 2.07. The van der Waals surface area contributed by atoms with E-state index in [0.29, 0.717) is 33.9 Å². The molecule has 2 aromatic rings. The normalized spacial score (nSPS) is 10.6. The smallest absolute Gasteiger partial charge is 0.272 e. The van der Waals surface area contributed by atoms with Crippen molar-refractivity contribution in [1.82, 2.24) is 4.57 Å². The molecule has 1 N–H and O–H groups in total. The van der Waals surface area contributed by atoms with Gasteiger partial charge in [0.05, 0.1) is 17.3 Å². The number of carbonyl (C=O) groups is 1. The van der Waals surface area contributed by atoms with Crippen LogP contribution >= 0.6 is 23.2 Å². The number of hydrogen-bond donors (Lipinski definition) is 1. The monoisotopic (exact) mass is 340 g/mol. The first kappa shape index (κ1) is 16.7. The van der Waals surface area contributed by atoms with Crippen LogP contribution in [0.5, 0.6) is 5.75 Å². The lowest BCUT2D eigenvalue weighted by molar-refractivity contribution is 0.101. The molecule has 4 nitrogen and oxygen atoms in total. The standard InChI is InChI=1S/C16H18Cl2N2O2/c1-4-7-22-14-8-10(2)5-6-12(14)19-16(21)13-9-11(17)15(18)20(13)3/h5-6,8-9H,4,7H2,1-3H3,(H,19,21). The second-order valence-electron chi connectivity index (χ2n) is 5.03. The van der Waals surface area contributed by atoms with E-state index in [1.807, 2.05) is 32.0 Å². The summed E-state index contributed by atoms with van der Waals surface area (Å²) in [6.07, 6.45) is 0.893. The maximum Gasteiger partial charge on any atom is 0.272 e. The molecule has 6 heteroatoms. The van der Waals surface area contributed by atoms with E-state index in [1.165, 1.54) is 0 Å². The van der Waals surface area contributed by atoms with Crippen LogP contribution in [-0.4, -0.2) is 17.1 Å². The molecule has 0 saturated carbocycles. The zero-order valence-corrected chi connectivity index (χ0v) is 14.3. The van der Waals surface area contributed by atoms with Gasteiger partial charge in [0.25, 0.3) is 5.91 Å². The maximum atomic E-state index is 12.4. The van der Waals surface area contributed by atoms with Gasteiger partial charge in [-0.25, -0.2) is 0 Å². The number of hydrogen-bond acceptors (Lipinski definition) is 2. The summed E-state index contributed by atoms with van der Waals surface area (Å²) in [6.45, 7) is 4.59. The van der Waals surface area contributed by atoms with Crippen LogP contribution in [0.15, 0.2) is 24.3 Å². The number of amides is 1. The van der Waals surface area contributed by atoms with E-state index in [4.69, 9.17) is 27.9 Å². The number of halogens is 2. The highest BCUT2D eigenvalue weighted by atomic mass is 35.5. The Bertz CT molecular complexity index is 696. The molecule has 1 heterocycles. The summed E-state index contributed by atoms with van der Waals surface area (Å²) < 4.78 is 7.23. The van der Waals surface area contributed by atoms with E-state index in [2.05, 4.69) is 5.32 Å². The van der Waals surface area contributed by atoms with Crippen molar-refractivity contribution < 1.29 is 9.53 Å². The number of ether oxygens (including phenoxy) is 1. The highest BCUT2D eigenvalue weighted by Crippen LogP contribution is 2.29. The Morgan fingerprint density at radius 2 is 2.05 bits per heavy atom. The molecule has 0 spiro atoms. The molecular weight excluding hydrogens is 323 g/mol. The number of aromatic nitrogens is 1. The van der Waals surface area contributed by atoms with Gasteiger partial charge < -0.3 is 14.6 Å². The Balaban J connectivity index is 2.26. The highest BCUT2D eigenvalue weighted by Gasteiger charge is 2.17. The Labute approximate surface area is 140 Å². The van der Waals surface area contributed by atoms with Crippen LogP contribution in [-0.2, 0) is 7.05 Å². The minimum atomic E-state index is -0.290. The first-order chi connectivity index (χ1) is 10.4. The molecule has 0 fully saturated rings. The molecule has 1 aromatic heterocycles. The Morgan fingerprint density at radius 3 is 2.64 bits per heavy atom. The Kier molecular flexibility index (Phi) is 5.37. The SMILES string of the molecule is CCCOc1cc(C)ccc1NC(=O)c1cc(Cl)c(Cl)n1C. The zero-order chi connectivity index (χ0) is 16.3. The van der Waals surface area contributed by atoms with E-state index in [0.717, 1.165) is 12.0 Å². The van der Waals surface area contributed by atoms with Gasteiger partial charge in [-0.05, 0) is 37.1 Å². The number of nitrogens with one attached hydrogen (secondary N) is 1. The number of rotatable bonds is 5. The van der Waals surface area contributed by atoms with Crippen molar-refractivity contribution >= 4 is 34.8 Å². The van der Waals surface area contributed by atoms with Crippen molar-refractivity contribution in [1.29, 1.82) is 0 Å². The number of aryl methyl sites for hydroxylation is 1. The third kappa shape index (κ3) is 3.57. The number of benzene rings is 1. The van der Waals surface area contributed by atoms with Gasteiger partial charge in [-0.15, -0.1) is 0 Å². The molecule has 0 saturated heterocycles. The highest BCUT2D eigenvalue weighted by molar-refractivity contribution is 6.42. The molecule has 0 unspecified atom stereocenters.